The summed E-state index contributed by atoms with van der Waals surface area (Å²) in [6.07, 6.45) is 0.599. The minimum Gasteiger partial charge on any atom is -0.494 e. The van der Waals surface area contributed by atoms with Crippen molar-refractivity contribution >= 4 is 11.3 Å². The van der Waals surface area contributed by atoms with Gasteiger partial charge < -0.3 is 5.11 Å². The molecular weight excluding hydrogens is 222 g/mol. The van der Waals surface area contributed by atoms with E-state index in [2.05, 4.69) is 11.1 Å². The average molecular weight is 235 g/mol. The minimum absolute atomic E-state index is 0.00465. The van der Waals surface area contributed by atoms with Crippen molar-refractivity contribution in [2.24, 2.45) is 0 Å². The minimum atomic E-state index is -0.211. The largest absolute Gasteiger partial charge is 0.494 e. The van der Waals surface area contributed by atoms with E-state index in [4.69, 9.17) is 0 Å². The first-order valence-corrected chi connectivity index (χ1v) is 5.85. The van der Waals surface area contributed by atoms with E-state index in [9.17, 15) is 9.90 Å². The number of hydrogen-bond donors (Lipinski definition) is 2. The van der Waals surface area contributed by atoms with Gasteiger partial charge in [-0.15, -0.1) is 0 Å². The number of H-pyrrole nitrogens is 1. The van der Waals surface area contributed by atoms with E-state index in [1.54, 1.807) is 0 Å². The van der Waals surface area contributed by atoms with Gasteiger partial charge in [-0.05, 0) is 25.0 Å². The first-order chi connectivity index (χ1) is 7.56. The molecule has 84 valence electrons. The Morgan fingerprint density at radius 2 is 2.12 bits per heavy atom. The van der Waals surface area contributed by atoms with Crippen LogP contribution in [0.2, 0.25) is 0 Å². The summed E-state index contributed by atoms with van der Waals surface area (Å²) in [6.45, 7) is 4.08. The smallest absolute Gasteiger partial charge is 0.307 e. The summed E-state index contributed by atoms with van der Waals surface area (Å²) in [5.74, 6) is -0.00465. The fourth-order valence-corrected chi connectivity index (χ4v) is 2.44. The molecule has 2 aromatic rings. The van der Waals surface area contributed by atoms with Gasteiger partial charge in [0.15, 0.2) is 0 Å². The molecule has 16 heavy (non-hydrogen) atoms. The fourth-order valence-electron chi connectivity index (χ4n) is 1.69. The number of rotatable bonds is 2. The molecule has 2 rings (SSSR count). The highest BCUT2D eigenvalue weighted by molar-refractivity contribution is 7.09. The zero-order chi connectivity index (χ0) is 11.7. The van der Waals surface area contributed by atoms with Crippen LogP contribution in [0.15, 0.2) is 23.0 Å². The standard InChI is InChI=1S/C12H13NO2S/c1-7-3-4-9(8(2)5-7)6-10-11(14)13-12(15)16-10/h3-5,14H,6H2,1-2H3,(H,13,15). The van der Waals surface area contributed by atoms with E-state index >= 15 is 0 Å². The van der Waals surface area contributed by atoms with Crippen molar-refractivity contribution < 1.29 is 5.11 Å². The van der Waals surface area contributed by atoms with Gasteiger partial charge in [0.2, 0.25) is 5.88 Å². The molecule has 0 saturated carbocycles. The molecule has 0 aliphatic heterocycles. The molecule has 0 saturated heterocycles. The molecule has 0 atom stereocenters. The van der Waals surface area contributed by atoms with Crippen molar-refractivity contribution in [3.63, 3.8) is 0 Å². The fraction of sp³-hybridized carbons (Fsp3) is 0.250. The third-order valence-corrected chi connectivity index (χ3v) is 3.42. The van der Waals surface area contributed by atoms with Crippen LogP contribution in [0.4, 0.5) is 0 Å². The van der Waals surface area contributed by atoms with E-state index in [1.807, 2.05) is 26.0 Å². The van der Waals surface area contributed by atoms with Crippen LogP contribution in [-0.2, 0) is 6.42 Å². The van der Waals surface area contributed by atoms with Gasteiger partial charge in [0.25, 0.3) is 0 Å². The summed E-state index contributed by atoms with van der Waals surface area (Å²) < 4.78 is 0. The number of aromatic nitrogens is 1. The number of benzene rings is 1. The zero-order valence-electron chi connectivity index (χ0n) is 9.20. The topological polar surface area (TPSA) is 53.1 Å². The zero-order valence-corrected chi connectivity index (χ0v) is 10.0. The second-order valence-corrected chi connectivity index (χ2v) is 4.96. The number of thiazole rings is 1. The lowest BCUT2D eigenvalue weighted by atomic mass is 10.0. The maximum Gasteiger partial charge on any atom is 0.307 e. The van der Waals surface area contributed by atoms with Gasteiger partial charge in [-0.25, -0.2) is 0 Å². The molecule has 0 aliphatic carbocycles. The van der Waals surface area contributed by atoms with Crippen LogP contribution in [0.25, 0.3) is 0 Å². The molecule has 0 spiro atoms. The normalized spacial score (nSPS) is 10.6. The predicted molar refractivity (Wildman–Crippen MR) is 65.3 cm³/mol. The lowest BCUT2D eigenvalue weighted by molar-refractivity contribution is 0.451. The molecule has 1 heterocycles. The monoisotopic (exact) mass is 235 g/mol. The molecule has 0 bridgehead atoms. The van der Waals surface area contributed by atoms with Crippen LogP contribution in [0.3, 0.4) is 0 Å². The van der Waals surface area contributed by atoms with Crippen molar-refractivity contribution in [3.05, 3.63) is 49.4 Å². The lowest BCUT2D eigenvalue weighted by Crippen LogP contribution is -1.90. The van der Waals surface area contributed by atoms with Gasteiger partial charge in [-0.3, -0.25) is 9.78 Å². The molecule has 2 N–H and O–H groups in total. The third-order valence-electron chi connectivity index (χ3n) is 2.55. The SMILES string of the molecule is Cc1ccc(Cc2sc(=O)[nH]c2O)c(C)c1. The quantitative estimate of drug-likeness (QED) is 0.839. The van der Waals surface area contributed by atoms with Crippen molar-refractivity contribution in [3.8, 4) is 5.88 Å². The molecule has 0 aliphatic rings. The Balaban J connectivity index is 2.34. The van der Waals surface area contributed by atoms with Crippen LogP contribution in [-0.4, -0.2) is 10.1 Å². The van der Waals surface area contributed by atoms with Gasteiger partial charge in [0.05, 0.1) is 4.88 Å². The Labute approximate surface area is 97.4 Å². The van der Waals surface area contributed by atoms with Crippen LogP contribution in [0, 0.1) is 13.8 Å². The molecular formula is C12H13NO2S. The van der Waals surface area contributed by atoms with Gasteiger partial charge in [-0.2, -0.15) is 0 Å². The van der Waals surface area contributed by atoms with Crippen LogP contribution >= 0.6 is 11.3 Å². The number of aryl methyl sites for hydroxylation is 2. The second-order valence-electron chi connectivity index (χ2n) is 3.89. The van der Waals surface area contributed by atoms with E-state index in [0.29, 0.717) is 11.3 Å². The van der Waals surface area contributed by atoms with Crippen molar-refractivity contribution in [2.75, 3.05) is 0 Å². The molecule has 0 unspecified atom stereocenters. The van der Waals surface area contributed by atoms with Gasteiger partial charge in [0.1, 0.15) is 0 Å². The maximum absolute atomic E-state index is 11.0. The van der Waals surface area contributed by atoms with Crippen molar-refractivity contribution in [1.29, 1.82) is 0 Å². The van der Waals surface area contributed by atoms with Crippen molar-refractivity contribution in [1.82, 2.24) is 4.98 Å². The van der Waals surface area contributed by atoms with Gasteiger partial charge >= 0.3 is 4.87 Å². The number of hydrogen-bond acceptors (Lipinski definition) is 3. The first-order valence-electron chi connectivity index (χ1n) is 5.03. The first kappa shape index (κ1) is 11.0. The Bertz CT molecular complexity index is 569. The average Bonchev–Trinajstić information content (AvgIpc) is 2.50. The highest BCUT2D eigenvalue weighted by Gasteiger charge is 2.08. The third kappa shape index (κ3) is 2.17. The van der Waals surface area contributed by atoms with Crippen LogP contribution in [0.5, 0.6) is 5.88 Å². The predicted octanol–water partition coefficient (Wildman–Crippen LogP) is 2.35. The molecule has 0 radical (unpaired) electrons. The van der Waals surface area contributed by atoms with Crippen molar-refractivity contribution in [2.45, 2.75) is 20.3 Å². The summed E-state index contributed by atoms with van der Waals surface area (Å²) in [6, 6.07) is 6.17. The Hall–Kier alpha value is -1.55. The van der Waals surface area contributed by atoms with Gasteiger partial charge in [-0.1, -0.05) is 35.1 Å². The van der Waals surface area contributed by atoms with E-state index in [-0.39, 0.29) is 10.8 Å². The summed E-state index contributed by atoms with van der Waals surface area (Å²) in [7, 11) is 0. The van der Waals surface area contributed by atoms with Crippen LogP contribution in [0.1, 0.15) is 21.6 Å². The van der Waals surface area contributed by atoms with Crippen LogP contribution < -0.4 is 4.87 Å². The van der Waals surface area contributed by atoms with E-state index < -0.39 is 0 Å². The molecule has 1 aromatic carbocycles. The van der Waals surface area contributed by atoms with E-state index in [0.717, 1.165) is 16.9 Å². The summed E-state index contributed by atoms with van der Waals surface area (Å²) in [5.41, 5.74) is 3.53. The lowest BCUT2D eigenvalue weighted by Gasteiger charge is -2.05. The maximum atomic E-state index is 11.0. The number of nitrogens with one attached hydrogen (secondary N) is 1. The Kier molecular flexibility index (Phi) is 2.83. The van der Waals surface area contributed by atoms with Gasteiger partial charge in [0, 0.05) is 6.42 Å². The van der Waals surface area contributed by atoms with E-state index in [1.165, 1.54) is 11.1 Å². The number of aromatic hydroxyl groups is 1. The molecule has 3 nitrogen and oxygen atoms in total. The highest BCUT2D eigenvalue weighted by atomic mass is 32.1. The molecule has 4 heteroatoms. The summed E-state index contributed by atoms with van der Waals surface area (Å²) in [5, 5.41) is 9.49. The number of aromatic amines is 1. The highest BCUT2D eigenvalue weighted by Crippen LogP contribution is 2.22. The summed E-state index contributed by atoms with van der Waals surface area (Å²) in [4.78, 5) is 13.9. The Morgan fingerprint density at radius 1 is 1.38 bits per heavy atom. The second kappa shape index (κ2) is 4.14. The Morgan fingerprint density at radius 3 is 2.69 bits per heavy atom. The molecule has 1 aromatic heterocycles. The summed E-state index contributed by atoms with van der Waals surface area (Å²) >= 11 is 1.06. The molecule has 0 fully saturated rings. The molecule has 0 amide bonds.